The summed E-state index contributed by atoms with van der Waals surface area (Å²) < 4.78 is 20.4. The topological polar surface area (TPSA) is 76.5 Å². The van der Waals surface area contributed by atoms with Crippen molar-refractivity contribution in [1.82, 2.24) is 15.1 Å². The van der Waals surface area contributed by atoms with Crippen LogP contribution in [0.5, 0.6) is 0 Å². The van der Waals surface area contributed by atoms with Gasteiger partial charge in [0, 0.05) is 43.4 Å². The van der Waals surface area contributed by atoms with E-state index >= 15 is 0 Å². The third-order valence-corrected chi connectivity index (χ3v) is 5.15. The van der Waals surface area contributed by atoms with Crippen LogP contribution in [0.15, 0.2) is 24.3 Å². The van der Waals surface area contributed by atoms with Crippen molar-refractivity contribution in [1.29, 1.82) is 0 Å². The molecule has 1 saturated heterocycles. The maximum absolute atomic E-state index is 13.1. The second kappa shape index (κ2) is 7.11. The van der Waals surface area contributed by atoms with Gasteiger partial charge in [-0.3, -0.25) is 14.3 Å². The summed E-state index contributed by atoms with van der Waals surface area (Å²) in [6.07, 6.45) is 0.961. The second-order valence-corrected chi connectivity index (χ2v) is 6.90. The Labute approximate surface area is 156 Å². The molecule has 2 amide bonds. The Morgan fingerprint density at radius 1 is 1.37 bits per heavy atom. The molecule has 0 unspecified atom stereocenters. The van der Waals surface area contributed by atoms with Crippen molar-refractivity contribution in [2.24, 2.45) is 13.0 Å². The normalized spacial score (nSPS) is 19.3. The SMILES string of the molecule is Cn1nc(CNC(=O)[C@H]2CC(=O)N(c3ccc(F)cc3)C2)c2c1CCOC2. The molecule has 27 heavy (non-hydrogen) atoms. The number of nitrogens with zero attached hydrogens (tertiary/aromatic N) is 3. The number of carbonyl (C=O) groups excluding carboxylic acids is 2. The first-order valence-electron chi connectivity index (χ1n) is 8.98. The van der Waals surface area contributed by atoms with E-state index in [1.54, 1.807) is 12.1 Å². The molecule has 0 aliphatic carbocycles. The second-order valence-electron chi connectivity index (χ2n) is 6.90. The van der Waals surface area contributed by atoms with Crippen LogP contribution < -0.4 is 10.2 Å². The zero-order valence-electron chi connectivity index (χ0n) is 15.1. The summed E-state index contributed by atoms with van der Waals surface area (Å²) in [5.41, 5.74) is 3.59. The molecular formula is C19H21FN4O3. The van der Waals surface area contributed by atoms with Crippen molar-refractivity contribution in [2.75, 3.05) is 18.1 Å². The van der Waals surface area contributed by atoms with E-state index in [1.807, 2.05) is 11.7 Å². The van der Waals surface area contributed by atoms with Crippen molar-refractivity contribution in [3.8, 4) is 0 Å². The highest BCUT2D eigenvalue weighted by Crippen LogP contribution is 2.26. The minimum absolute atomic E-state index is 0.134. The number of ether oxygens (including phenoxy) is 1. The number of rotatable bonds is 4. The van der Waals surface area contributed by atoms with Gasteiger partial charge in [0.15, 0.2) is 0 Å². The lowest BCUT2D eigenvalue weighted by molar-refractivity contribution is -0.126. The fourth-order valence-electron chi connectivity index (χ4n) is 3.70. The van der Waals surface area contributed by atoms with Gasteiger partial charge >= 0.3 is 0 Å². The maximum Gasteiger partial charge on any atom is 0.227 e. The average molecular weight is 372 g/mol. The van der Waals surface area contributed by atoms with Crippen LogP contribution >= 0.6 is 0 Å². The Balaban J connectivity index is 1.39. The van der Waals surface area contributed by atoms with Gasteiger partial charge < -0.3 is 15.0 Å². The summed E-state index contributed by atoms with van der Waals surface area (Å²) in [6, 6.07) is 5.71. The third kappa shape index (κ3) is 3.44. The van der Waals surface area contributed by atoms with Gasteiger partial charge in [0.25, 0.3) is 0 Å². The molecule has 2 aromatic rings. The number of benzene rings is 1. The Bertz CT molecular complexity index is 878. The van der Waals surface area contributed by atoms with Crippen LogP contribution in [-0.4, -0.2) is 34.7 Å². The molecule has 0 radical (unpaired) electrons. The molecular weight excluding hydrogens is 351 g/mol. The number of aromatic nitrogens is 2. The quantitative estimate of drug-likeness (QED) is 0.878. The fourth-order valence-corrected chi connectivity index (χ4v) is 3.70. The number of aryl methyl sites for hydroxylation is 1. The van der Waals surface area contributed by atoms with Crippen LogP contribution in [0.25, 0.3) is 0 Å². The highest BCUT2D eigenvalue weighted by molar-refractivity contribution is 6.00. The van der Waals surface area contributed by atoms with E-state index in [2.05, 4.69) is 10.4 Å². The van der Waals surface area contributed by atoms with Crippen molar-refractivity contribution in [3.63, 3.8) is 0 Å². The van der Waals surface area contributed by atoms with E-state index in [1.165, 1.54) is 17.0 Å². The van der Waals surface area contributed by atoms with Crippen molar-refractivity contribution in [2.45, 2.75) is 26.0 Å². The first-order valence-corrected chi connectivity index (χ1v) is 8.98. The molecule has 7 nitrogen and oxygen atoms in total. The predicted octanol–water partition coefficient (Wildman–Crippen LogP) is 1.30. The van der Waals surface area contributed by atoms with E-state index in [0.717, 1.165) is 23.4 Å². The molecule has 142 valence electrons. The molecule has 0 bridgehead atoms. The molecule has 8 heteroatoms. The number of hydrogen-bond donors (Lipinski definition) is 1. The zero-order chi connectivity index (χ0) is 19.0. The third-order valence-electron chi connectivity index (χ3n) is 5.15. The van der Waals surface area contributed by atoms with E-state index in [4.69, 9.17) is 4.74 Å². The highest BCUT2D eigenvalue weighted by atomic mass is 19.1. The monoisotopic (exact) mass is 372 g/mol. The Kier molecular flexibility index (Phi) is 4.65. The van der Waals surface area contributed by atoms with Crippen LogP contribution in [0.1, 0.15) is 23.4 Å². The van der Waals surface area contributed by atoms with Crippen molar-refractivity contribution >= 4 is 17.5 Å². The summed E-state index contributed by atoms with van der Waals surface area (Å²) in [7, 11) is 1.89. The number of nitrogens with one attached hydrogen (secondary N) is 1. The lowest BCUT2D eigenvalue weighted by Crippen LogP contribution is -2.33. The predicted molar refractivity (Wildman–Crippen MR) is 95.3 cm³/mol. The first kappa shape index (κ1) is 17.7. The summed E-state index contributed by atoms with van der Waals surface area (Å²) in [4.78, 5) is 26.3. The fraction of sp³-hybridized carbons (Fsp3) is 0.421. The zero-order valence-corrected chi connectivity index (χ0v) is 15.1. The van der Waals surface area contributed by atoms with Crippen LogP contribution in [0, 0.1) is 11.7 Å². The number of fused-ring (bicyclic) bond motifs is 1. The summed E-state index contributed by atoms with van der Waals surface area (Å²) in [5.74, 6) is -1.10. The van der Waals surface area contributed by atoms with Crippen molar-refractivity contribution in [3.05, 3.63) is 47.0 Å². The van der Waals surface area contributed by atoms with E-state index in [0.29, 0.717) is 32.0 Å². The minimum Gasteiger partial charge on any atom is -0.376 e. The standard InChI is InChI=1S/C19H21FN4O3/c1-23-17-6-7-27-11-15(17)16(22-23)9-21-19(26)12-8-18(25)24(10-12)14-4-2-13(20)3-5-14/h2-5,12H,6-11H2,1H3,(H,21,26)/t12-/m0/s1. The van der Waals surface area contributed by atoms with Gasteiger partial charge in [0.1, 0.15) is 5.82 Å². The van der Waals surface area contributed by atoms with Gasteiger partial charge in [-0.15, -0.1) is 0 Å². The summed E-state index contributed by atoms with van der Waals surface area (Å²) in [6.45, 7) is 1.79. The van der Waals surface area contributed by atoms with E-state index in [9.17, 15) is 14.0 Å². The Morgan fingerprint density at radius 2 is 2.15 bits per heavy atom. The molecule has 0 spiro atoms. The highest BCUT2D eigenvalue weighted by Gasteiger charge is 2.35. The first-order chi connectivity index (χ1) is 13.0. The molecule has 1 aromatic heterocycles. The number of amides is 2. The molecule has 0 saturated carbocycles. The Hall–Kier alpha value is -2.74. The van der Waals surface area contributed by atoms with E-state index < -0.39 is 5.92 Å². The molecule has 1 aromatic carbocycles. The number of anilines is 1. The average Bonchev–Trinajstić information content (AvgIpc) is 3.21. The molecule has 1 atom stereocenters. The van der Waals surface area contributed by atoms with Crippen molar-refractivity contribution < 1.29 is 18.7 Å². The van der Waals surface area contributed by atoms with Crippen LogP contribution in [-0.2, 0) is 40.9 Å². The largest absolute Gasteiger partial charge is 0.376 e. The number of carbonyl (C=O) groups is 2. The van der Waals surface area contributed by atoms with Crippen LogP contribution in [0.4, 0.5) is 10.1 Å². The number of halogens is 1. The van der Waals surface area contributed by atoms with Crippen LogP contribution in [0.3, 0.4) is 0 Å². The molecule has 1 N–H and O–H groups in total. The molecule has 2 aliphatic rings. The Morgan fingerprint density at radius 3 is 2.93 bits per heavy atom. The molecule has 2 aliphatic heterocycles. The lowest BCUT2D eigenvalue weighted by Gasteiger charge is -2.17. The van der Waals surface area contributed by atoms with Gasteiger partial charge in [0.2, 0.25) is 11.8 Å². The van der Waals surface area contributed by atoms with Gasteiger partial charge in [0.05, 0.1) is 31.4 Å². The van der Waals surface area contributed by atoms with Crippen LogP contribution in [0.2, 0.25) is 0 Å². The summed E-state index contributed by atoms with van der Waals surface area (Å²) in [5, 5.41) is 7.38. The molecule has 4 rings (SSSR count). The number of hydrogen-bond acceptors (Lipinski definition) is 4. The summed E-state index contributed by atoms with van der Waals surface area (Å²) >= 11 is 0. The maximum atomic E-state index is 13.1. The van der Waals surface area contributed by atoms with Gasteiger partial charge in [-0.05, 0) is 24.3 Å². The van der Waals surface area contributed by atoms with Gasteiger partial charge in [-0.2, -0.15) is 5.10 Å². The smallest absolute Gasteiger partial charge is 0.227 e. The lowest BCUT2D eigenvalue weighted by atomic mass is 10.1. The minimum atomic E-state index is -0.432. The molecule has 3 heterocycles. The van der Waals surface area contributed by atoms with Gasteiger partial charge in [-0.25, -0.2) is 4.39 Å². The van der Waals surface area contributed by atoms with E-state index in [-0.39, 0.29) is 24.1 Å². The molecule has 1 fully saturated rings. The van der Waals surface area contributed by atoms with Gasteiger partial charge in [-0.1, -0.05) is 0 Å².